The van der Waals surface area contributed by atoms with Crippen LogP contribution in [0.3, 0.4) is 0 Å². The van der Waals surface area contributed by atoms with Gasteiger partial charge < -0.3 is 5.32 Å². The number of nitrogens with zero attached hydrogens (tertiary/aromatic N) is 5. The maximum Gasteiger partial charge on any atom is 0.265 e. The molecule has 0 fully saturated rings. The van der Waals surface area contributed by atoms with E-state index in [1.165, 1.54) is 16.9 Å². The first-order valence-corrected chi connectivity index (χ1v) is 10.3. The molecule has 148 valence electrons. The molecular formula is C22H18N6OS. The van der Waals surface area contributed by atoms with Crippen molar-refractivity contribution < 1.29 is 4.79 Å². The number of nitrogens with one attached hydrogen (secondary N) is 1. The first-order valence-electron chi connectivity index (χ1n) is 9.47. The highest BCUT2D eigenvalue weighted by atomic mass is 32.1. The van der Waals surface area contributed by atoms with Crippen molar-refractivity contribution in [1.29, 1.82) is 0 Å². The zero-order valence-corrected chi connectivity index (χ0v) is 17.0. The van der Waals surface area contributed by atoms with Gasteiger partial charge >= 0.3 is 0 Å². The Kier molecular flexibility index (Phi) is 4.61. The van der Waals surface area contributed by atoms with Gasteiger partial charge in [0.25, 0.3) is 5.91 Å². The highest BCUT2D eigenvalue weighted by Crippen LogP contribution is 2.30. The van der Waals surface area contributed by atoms with Crippen molar-refractivity contribution >= 4 is 33.1 Å². The molecule has 0 spiro atoms. The maximum absolute atomic E-state index is 13.0. The molecule has 30 heavy (non-hydrogen) atoms. The van der Waals surface area contributed by atoms with Crippen LogP contribution in [0.25, 0.3) is 15.9 Å². The molecule has 8 heteroatoms. The minimum absolute atomic E-state index is 0.158. The lowest BCUT2D eigenvalue weighted by Crippen LogP contribution is -2.12. The summed E-state index contributed by atoms with van der Waals surface area (Å²) in [7, 11) is 0. The number of para-hydroxylation sites is 2. The van der Waals surface area contributed by atoms with E-state index in [1.807, 2.05) is 60.1 Å². The first-order chi connectivity index (χ1) is 14.7. The van der Waals surface area contributed by atoms with E-state index in [-0.39, 0.29) is 5.91 Å². The third-order valence-electron chi connectivity index (χ3n) is 4.83. The summed E-state index contributed by atoms with van der Waals surface area (Å²) in [6.07, 6.45) is 3.35. The molecule has 0 saturated carbocycles. The molecule has 1 N–H and O–H groups in total. The molecule has 5 aromatic rings. The fraction of sp³-hybridized carbons (Fsp3) is 0.0909. The predicted molar refractivity (Wildman–Crippen MR) is 117 cm³/mol. The minimum atomic E-state index is -0.158. The summed E-state index contributed by atoms with van der Waals surface area (Å²) >= 11 is 1.45. The Bertz CT molecular complexity index is 1320. The molecule has 0 aliphatic carbocycles. The van der Waals surface area contributed by atoms with E-state index < -0.39 is 0 Å². The van der Waals surface area contributed by atoms with Gasteiger partial charge in [-0.1, -0.05) is 47.7 Å². The summed E-state index contributed by atoms with van der Waals surface area (Å²) < 4.78 is 3.59. The largest absolute Gasteiger partial charge is 0.319 e. The van der Waals surface area contributed by atoms with Crippen LogP contribution in [-0.2, 0) is 6.54 Å². The minimum Gasteiger partial charge on any atom is -0.319 e. The predicted octanol–water partition coefficient (Wildman–Crippen LogP) is 4.29. The first kappa shape index (κ1) is 18.3. The lowest BCUT2D eigenvalue weighted by molar-refractivity contribution is 0.103. The van der Waals surface area contributed by atoms with Crippen molar-refractivity contribution in [2.45, 2.75) is 13.5 Å². The average molecular weight is 414 g/mol. The molecule has 0 aliphatic heterocycles. The van der Waals surface area contributed by atoms with E-state index >= 15 is 0 Å². The molecule has 1 amide bonds. The highest BCUT2D eigenvalue weighted by molar-refractivity contribution is 7.20. The lowest BCUT2D eigenvalue weighted by Gasteiger charge is -2.09. The molecule has 2 aromatic carbocycles. The molecule has 0 radical (unpaired) electrons. The number of amides is 1. The summed E-state index contributed by atoms with van der Waals surface area (Å²) in [5.74, 6) is -0.158. The van der Waals surface area contributed by atoms with Gasteiger partial charge in [-0.3, -0.25) is 9.48 Å². The Morgan fingerprint density at radius 3 is 2.70 bits per heavy atom. The molecule has 0 unspecified atom stereocenters. The quantitative estimate of drug-likeness (QED) is 0.465. The number of carbonyl (C=O) groups excluding carboxylic acids is 1. The van der Waals surface area contributed by atoms with Crippen LogP contribution in [-0.4, -0.2) is 30.7 Å². The summed E-state index contributed by atoms with van der Waals surface area (Å²) in [5, 5.41) is 16.5. The number of rotatable bonds is 5. The van der Waals surface area contributed by atoms with Crippen LogP contribution in [0.5, 0.6) is 0 Å². The zero-order valence-electron chi connectivity index (χ0n) is 16.2. The van der Waals surface area contributed by atoms with Crippen LogP contribution >= 0.6 is 11.3 Å². The Hall–Kier alpha value is -3.78. The van der Waals surface area contributed by atoms with Gasteiger partial charge in [0.15, 0.2) is 0 Å². The average Bonchev–Trinajstić information content (AvgIpc) is 3.49. The molecule has 5 rings (SSSR count). The van der Waals surface area contributed by atoms with Crippen LogP contribution in [0, 0.1) is 6.92 Å². The van der Waals surface area contributed by atoms with Gasteiger partial charge in [0.1, 0.15) is 4.83 Å². The molecule has 7 nitrogen and oxygen atoms in total. The van der Waals surface area contributed by atoms with Crippen LogP contribution in [0.4, 0.5) is 5.69 Å². The third kappa shape index (κ3) is 3.37. The van der Waals surface area contributed by atoms with Gasteiger partial charge in [-0.05, 0) is 30.7 Å². The van der Waals surface area contributed by atoms with E-state index in [4.69, 9.17) is 0 Å². The Balaban J connectivity index is 1.45. The number of fused-ring (bicyclic) bond motifs is 1. The van der Waals surface area contributed by atoms with Crippen molar-refractivity contribution in [3.05, 3.63) is 89.2 Å². The van der Waals surface area contributed by atoms with Gasteiger partial charge in [-0.2, -0.15) is 5.10 Å². The number of aromatic nitrogens is 5. The topological polar surface area (TPSA) is 77.6 Å². The number of thiophene rings is 1. The van der Waals surface area contributed by atoms with Crippen molar-refractivity contribution in [1.82, 2.24) is 24.8 Å². The second kappa shape index (κ2) is 7.57. The standard InChI is InChI=1S/C22H18N6OS/c1-15-17-13-20(30-22(17)28(25-15)14-16-7-3-2-4-8-16)21(29)24-18-9-5-6-10-19(18)27-12-11-23-26-27/h2-13H,14H2,1H3,(H,24,29). The van der Waals surface area contributed by atoms with Crippen LogP contribution in [0.1, 0.15) is 20.9 Å². The third-order valence-corrected chi connectivity index (χ3v) is 5.98. The highest BCUT2D eigenvalue weighted by Gasteiger charge is 2.18. The second-order valence-corrected chi connectivity index (χ2v) is 7.91. The molecule has 3 heterocycles. The zero-order chi connectivity index (χ0) is 20.5. The number of anilines is 1. The van der Waals surface area contributed by atoms with Gasteiger partial charge in [0.05, 0.1) is 40.9 Å². The van der Waals surface area contributed by atoms with Crippen LogP contribution in [0.15, 0.2) is 73.1 Å². The molecule has 0 atom stereocenters. The smallest absolute Gasteiger partial charge is 0.265 e. The van der Waals surface area contributed by atoms with E-state index in [2.05, 4.69) is 32.9 Å². The number of benzene rings is 2. The number of carbonyl (C=O) groups is 1. The Labute approximate surface area is 176 Å². The normalized spacial score (nSPS) is 11.1. The molecule has 0 bridgehead atoms. The van der Waals surface area contributed by atoms with Crippen LogP contribution in [0.2, 0.25) is 0 Å². The van der Waals surface area contributed by atoms with Gasteiger partial charge in [0.2, 0.25) is 0 Å². The summed E-state index contributed by atoms with van der Waals surface area (Å²) in [6.45, 7) is 2.64. The van der Waals surface area contributed by atoms with Crippen molar-refractivity contribution in [2.75, 3.05) is 5.32 Å². The summed E-state index contributed by atoms with van der Waals surface area (Å²) in [6, 6.07) is 19.6. The van der Waals surface area contributed by atoms with Gasteiger partial charge in [-0.15, -0.1) is 16.4 Å². The maximum atomic E-state index is 13.0. The van der Waals surface area contributed by atoms with Gasteiger partial charge in [-0.25, -0.2) is 4.68 Å². The molecule has 0 aliphatic rings. The Morgan fingerprint density at radius 1 is 1.10 bits per heavy atom. The monoisotopic (exact) mass is 414 g/mol. The van der Waals surface area contributed by atoms with E-state index in [1.54, 1.807) is 17.1 Å². The van der Waals surface area contributed by atoms with E-state index in [0.29, 0.717) is 17.1 Å². The van der Waals surface area contributed by atoms with E-state index in [0.717, 1.165) is 21.6 Å². The van der Waals surface area contributed by atoms with E-state index in [9.17, 15) is 4.79 Å². The summed E-state index contributed by atoms with van der Waals surface area (Å²) in [4.78, 5) is 14.6. The number of hydrogen-bond acceptors (Lipinski definition) is 5. The second-order valence-electron chi connectivity index (χ2n) is 6.88. The Morgan fingerprint density at radius 2 is 1.90 bits per heavy atom. The number of aryl methyl sites for hydroxylation is 1. The molecular weight excluding hydrogens is 396 g/mol. The number of hydrogen-bond donors (Lipinski definition) is 1. The van der Waals surface area contributed by atoms with Crippen molar-refractivity contribution in [3.8, 4) is 5.69 Å². The van der Waals surface area contributed by atoms with Gasteiger partial charge in [0, 0.05) is 5.39 Å². The van der Waals surface area contributed by atoms with Crippen LogP contribution < -0.4 is 5.32 Å². The van der Waals surface area contributed by atoms with Crippen molar-refractivity contribution in [3.63, 3.8) is 0 Å². The fourth-order valence-electron chi connectivity index (χ4n) is 3.39. The lowest BCUT2D eigenvalue weighted by atomic mass is 10.2. The SMILES string of the molecule is Cc1nn(Cc2ccccc2)c2sc(C(=O)Nc3ccccc3-n3ccnn3)cc12. The summed E-state index contributed by atoms with van der Waals surface area (Å²) in [5.41, 5.74) is 3.52. The molecule has 0 saturated heterocycles. The molecule has 3 aromatic heterocycles. The fourth-order valence-corrected chi connectivity index (χ4v) is 4.44. The van der Waals surface area contributed by atoms with Crippen molar-refractivity contribution in [2.24, 2.45) is 0 Å².